The maximum atomic E-state index is 12.2. The molecule has 24 heavy (non-hydrogen) atoms. The summed E-state index contributed by atoms with van der Waals surface area (Å²) in [7, 11) is 3.88. The molecule has 1 amide bonds. The Morgan fingerprint density at radius 2 is 2.08 bits per heavy atom. The Bertz CT molecular complexity index is 878. The molecule has 8 heteroatoms. The lowest BCUT2D eigenvalue weighted by Crippen LogP contribution is -2.14. The number of aromatic nitrogens is 3. The van der Waals surface area contributed by atoms with Gasteiger partial charge < -0.3 is 10.2 Å². The molecular weight excluding hydrogens is 342 g/mol. The fraction of sp³-hybridized carbons (Fsp3) is 0.250. The maximum Gasteiger partial charge on any atom is 0.234 e. The van der Waals surface area contributed by atoms with Gasteiger partial charge in [0, 0.05) is 19.8 Å². The summed E-state index contributed by atoms with van der Waals surface area (Å²) in [5.41, 5.74) is 2.54. The summed E-state index contributed by atoms with van der Waals surface area (Å²) in [4.78, 5) is 27.1. The quantitative estimate of drug-likeness (QED) is 0.557. The minimum atomic E-state index is -0.0570. The van der Waals surface area contributed by atoms with E-state index in [1.165, 1.54) is 29.4 Å². The highest BCUT2D eigenvalue weighted by Crippen LogP contribution is 2.32. The largest absolute Gasteiger partial charge is 0.354 e. The van der Waals surface area contributed by atoms with Gasteiger partial charge in [-0.25, -0.2) is 9.97 Å². The van der Waals surface area contributed by atoms with Gasteiger partial charge >= 0.3 is 0 Å². The van der Waals surface area contributed by atoms with Crippen molar-refractivity contribution >= 4 is 50.2 Å². The molecular formula is C16H17N5OS2. The van der Waals surface area contributed by atoms with Crippen LogP contribution in [0.2, 0.25) is 0 Å². The van der Waals surface area contributed by atoms with Crippen LogP contribution in [0.3, 0.4) is 0 Å². The van der Waals surface area contributed by atoms with Crippen molar-refractivity contribution in [1.29, 1.82) is 0 Å². The van der Waals surface area contributed by atoms with Gasteiger partial charge in [-0.3, -0.25) is 4.79 Å². The molecule has 0 bridgehead atoms. The second-order valence-electron chi connectivity index (χ2n) is 5.37. The molecule has 124 valence electrons. The standard InChI is InChI=1S/C16H17N5OS2/c1-10-6-4-5-7-11(10)19-12(22)8-23-15-13-14(17-9-18-15)20-16(24-13)21(2)3/h4-7,9H,8H2,1-3H3,(H,19,22). The van der Waals surface area contributed by atoms with Crippen LogP contribution in [0.1, 0.15) is 5.56 Å². The van der Waals surface area contributed by atoms with Crippen LogP contribution in [0.4, 0.5) is 10.8 Å². The Labute approximate surface area is 148 Å². The summed E-state index contributed by atoms with van der Waals surface area (Å²) in [6.07, 6.45) is 1.49. The van der Waals surface area contributed by atoms with Crippen LogP contribution in [0.15, 0.2) is 35.6 Å². The van der Waals surface area contributed by atoms with Gasteiger partial charge in [0.05, 0.1) is 5.75 Å². The van der Waals surface area contributed by atoms with Crippen molar-refractivity contribution in [3.05, 3.63) is 36.2 Å². The summed E-state index contributed by atoms with van der Waals surface area (Å²) < 4.78 is 0.912. The van der Waals surface area contributed by atoms with Crippen LogP contribution < -0.4 is 10.2 Å². The summed E-state index contributed by atoms with van der Waals surface area (Å²) >= 11 is 2.92. The molecule has 2 aromatic heterocycles. The van der Waals surface area contributed by atoms with Gasteiger partial charge in [0.2, 0.25) is 5.91 Å². The minimum absolute atomic E-state index is 0.0570. The number of carbonyl (C=O) groups is 1. The van der Waals surface area contributed by atoms with Crippen molar-refractivity contribution in [1.82, 2.24) is 15.0 Å². The monoisotopic (exact) mass is 359 g/mol. The predicted octanol–water partition coefficient (Wildman–Crippen LogP) is 3.19. The van der Waals surface area contributed by atoms with Crippen molar-refractivity contribution in [3.8, 4) is 0 Å². The van der Waals surface area contributed by atoms with Crippen LogP contribution in [0.5, 0.6) is 0 Å². The number of thioether (sulfide) groups is 1. The molecule has 0 aliphatic rings. The van der Waals surface area contributed by atoms with E-state index in [9.17, 15) is 4.79 Å². The number of nitrogens with zero attached hydrogens (tertiary/aromatic N) is 4. The van der Waals surface area contributed by atoms with Crippen molar-refractivity contribution in [2.45, 2.75) is 11.9 Å². The molecule has 0 saturated carbocycles. The lowest BCUT2D eigenvalue weighted by molar-refractivity contribution is -0.113. The van der Waals surface area contributed by atoms with E-state index < -0.39 is 0 Å². The van der Waals surface area contributed by atoms with Crippen LogP contribution in [-0.2, 0) is 4.79 Å². The van der Waals surface area contributed by atoms with Crippen molar-refractivity contribution in [2.75, 3.05) is 30.1 Å². The van der Waals surface area contributed by atoms with Gasteiger partial charge in [-0.15, -0.1) is 0 Å². The third kappa shape index (κ3) is 3.65. The van der Waals surface area contributed by atoms with Gasteiger partial charge in [-0.05, 0) is 18.6 Å². The van der Waals surface area contributed by atoms with E-state index in [1.54, 1.807) is 0 Å². The van der Waals surface area contributed by atoms with Gasteiger partial charge in [0.15, 0.2) is 10.8 Å². The van der Waals surface area contributed by atoms with Gasteiger partial charge in [-0.2, -0.15) is 4.98 Å². The van der Waals surface area contributed by atoms with Crippen molar-refractivity contribution in [3.63, 3.8) is 0 Å². The highest BCUT2D eigenvalue weighted by atomic mass is 32.2. The van der Waals surface area contributed by atoms with E-state index in [4.69, 9.17) is 0 Å². The zero-order chi connectivity index (χ0) is 17.1. The number of hydrogen-bond acceptors (Lipinski definition) is 7. The SMILES string of the molecule is Cc1ccccc1NC(=O)CSc1ncnc2nc(N(C)C)sc12. The van der Waals surface area contributed by atoms with Gasteiger partial charge in [-0.1, -0.05) is 41.3 Å². The number of nitrogens with one attached hydrogen (secondary N) is 1. The number of para-hydroxylation sites is 1. The summed E-state index contributed by atoms with van der Waals surface area (Å²) in [6.45, 7) is 1.97. The Balaban J connectivity index is 1.71. The topological polar surface area (TPSA) is 71.0 Å². The van der Waals surface area contributed by atoms with E-state index in [1.807, 2.05) is 50.2 Å². The fourth-order valence-corrected chi connectivity index (χ4v) is 3.86. The molecule has 0 atom stereocenters. The number of fused-ring (bicyclic) bond motifs is 1. The second-order valence-corrected chi connectivity index (χ2v) is 7.32. The van der Waals surface area contributed by atoms with Crippen molar-refractivity contribution in [2.24, 2.45) is 0 Å². The Kier molecular flexibility index (Phi) is 4.96. The van der Waals surface area contributed by atoms with Crippen LogP contribution in [0, 0.1) is 6.92 Å². The highest BCUT2D eigenvalue weighted by Gasteiger charge is 2.13. The number of thiazole rings is 1. The molecule has 3 aromatic rings. The van der Waals surface area contributed by atoms with Crippen LogP contribution in [0.25, 0.3) is 10.3 Å². The number of benzene rings is 1. The maximum absolute atomic E-state index is 12.2. The van der Waals surface area contributed by atoms with Crippen LogP contribution >= 0.6 is 23.1 Å². The first-order valence-electron chi connectivity index (χ1n) is 7.31. The molecule has 3 rings (SSSR count). The molecule has 0 spiro atoms. The fourth-order valence-electron chi connectivity index (χ4n) is 2.05. The summed E-state index contributed by atoms with van der Waals surface area (Å²) in [5, 5.41) is 4.58. The first kappa shape index (κ1) is 16.7. The Hall–Kier alpha value is -2.19. The molecule has 0 saturated heterocycles. The third-order valence-corrected chi connectivity index (χ3v) is 5.63. The molecule has 6 nitrogen and oxygen atoms in total. The van der Waals surface area contributed by atoms with E-state index in [0.717, 1.165) is 26.1 Å². The number of rotatable bonds is 5. The lowest BCUT2D eigenvalue weighted by atomic mass is 10.2. The normalized spacial score (nSPS) is 10.8. The zero-order valence-corrected chi connectivity index (χ0v) is 15.2. The third-order valence-electron chi connectivity index (χ3n) is 3.29. The molecule has 0 aliphatic carbocycles. The molecule has 0 radical (unpaired) electrons. The summed E-state index contributed by atoms with van der Waals surface area (Å²) in [5.74, 6) is 0.230. The highest BCUT2D eigenvalue weighted by molar-refractivity contribution is 8.00. The van der Waals surface area contributed by atoms with Gasteiger partial charge in [0.25, 0.3) is 0 Å². The average Bonchev–Trinajstić information content (AvgIpc) is 3.00. The van der Waals surface area contributed by atoms with Gasteiger partial charge in [0.1, 0.15) is 16.1 Å². The molecule has 0 fully saturated rings. The van der Waals surface area contributed by atoms with E-state index in [0.29, 0.717) is 5.65 Å². The van der Waals surface area contributed by atoms with Crippen molar-refractivity contribution < 1.29 is 4.79 Å². The predicted molar refractivity (Wildman–Crippen MR) is 100 cm³/mol. The van der Waals surface area contributed by atoms with Crippen LogP contribution in [-0.4, -0.2) is 40.7 Å². The van der Waals surface area contributed by atoms with E-state index in [2.05, 4.69) is 20.3 Å². The smallest absolute Gasteiger partial charge is 0.234 e. The number of aryl methyl sites for hydroxylation is 1. The van der Waals surface area contributed by atoms with E-state index >= 15 is 0 Å². The Morgan fingerprint density at radius 1 is 1.29 bits per heavy atom. The molecule has 1 N–H and O–H groups in total. The zero-order valence-electron chi connectivity index (χ0n) is 13.6. The molecule has 1 aromatic carbocycles. The molecule has 0 unspecified atom stereocenters. The molecule has 2 heterocycles. The lowest BCUT2D eigenvalue weighted by Gasteiger charge is -2.07. The second kappa shape index (κ2) is 7.14. The Morgan fingerprint density at radius 3 is 2.83 bits per heavy atom. The number of hydrogen-bond donors (Lipinski definition) is 1. The number of carbonyl (C=O) groups excluding carboxylic acids is 1. The molecule has 0 aliphatic heterocycles. The minimum Gasteiger partial charge on any atom is -0.354 e. The number of anilines is 2. The summed E-state index contributed by atoms with van der Waals surface area (Å²) in [6, 6.07) is 7.72. The first-order valence-corrected chi connectivity index (χ1v) is 9.12. The first-order chi connectivity index (χ1) is 11.5. The number of amides is 1. The average molecular weight is 359 g/mol. The van der Waals surface area contributed by atoms with E-state index in [-0.39, 0.29) is 11.7 Å².